The Labute approximate surface area is 174 Å². The Morgan fingerprint density at radius 2 is 2.00 bits per heavy atom. The standard InChI is InChI=1S/C19H29FN6O4/c1-11-22-16(15(20)17(23-11)26-9-14(10-26)30-2)24-25-18(27)13(8-21-19(28)29)7-12-5-3-4-6-12/h12-14,21H,3-10H2,1-2H3,(H,25,27)(H,28,29)(H,22,23,24)/t13-/m1/s1. The molecule has 11 heteroatoms. The molecule has 0 unspecified atom stereocenters. The highest BCUT2D eigenvalue weighted by Crippen LogP contribution is 2.30. The molecule has 10 nitrogen and oxygen atoms in total. The third-order valence-electron chi connectivity index (χ3n) is 5.69. The first-order chi connectivity index (χ1) is 14.4. The normalized spacial score (nSPS) is 18.0. The summed E-state index contributed by atoms with van der Waals surface area (Å²) in [5.74, 6) is -0.844. The van der Waals surface area contributed by atoms with E-state index in [4.69, 9.17) is 9.84 Å². The fourth-order valence-electron chi connectivity index (χ4n) is 3.96. The molecule has 0 aromatic carbocycles. The van der Waals surface area contributed by atoms with E-state index in [0.717, 1.165) is 25.7 Å². The molecule has 2 aliphatic rings. The lowest BCUT2D eigenvalue weighted by Crippen LogP contribution is -2.52. The fraction of sp³-hybridized carbons (Fsp3) is 0.684. The van der Waals surface area contributed by atoms with Crippen LogP contribution in [0.1, 0.15) is 37.9 Å². The Kier molecular flexibility index (Phi) is 7.24. The summed E-state index contributed by atoms with van der Waals surface area (Å²) >= 11 is 0. The molecule has 0 radical (unpaired) electrons. The summed E-state index contributed by atoms with van der Waals surface area (Å²) in [5.41, 5.74) is 5.05. The molecule has 1 aliphatic heterocycles. The molecule has 2 fully saturated rings. The Hall–Kier alpha value is -2.69. The van der Waals surface area contributed by atoms with Crippen LogP contribution in [0.2, 0.25) is 0 Å². The van der Waals surface area contributed by atoms with Crippen molar-refractivity contribution in [2.75, 3.05) is 37.1 Å². The molecule has 1 aliphatic carbocycles. The van der Waals surface area contributed by atoms with E-state index in [2.05, 4.69) is 26.1 Å². The molecule has 2 heterocycles. The van der Waals surface area contributed by atoms with Gasteiger partial charge >= 0.3 is 6.09 Å². The van der Waals surface area contributed by atoms with Gasteiger partial charge in [-0.05, 0) is 19.3 Å². The van der Waals surface area contributed by atoms with Crippen LogP contribution in [0.5, 0.6) is 0 Å². The Balaban J connectivity index is 1.63. The van der Waals surface area contributed by atoms with Gasteiger partial charge in [0.15, 0.2) is 11.6 Å². The van der Waals surface area contributed by atoms with Gasteiger partial charge in [0, 0.05) is 26.7 Å². The van der Waals surface area contributed by atoms with E-state index in [0.29, 0.717) is 31.3 Å². The third kappa shape index (κ3) is 5.47. The number of hydrogen-bond acceptors (Lipinski definition) is 7. The Bertz CT molecular complexity index is 768. The zero-order chi connectivity index (χ0) is 21.7. The SMILES string of the molecule is COC1CN(c2nc(C)nc(NNC(=O)[C@@H](CNC(=O)O)CC3CCCC3)c2F)C1. The van der Waals surface area contributed by atoms with Crippen molar-refractivity contribution in [2.45, 2.75) is 45.1 Å². The van der Waals surface area contributed by atoms with Crippen molar-refractivity contribution in [1.29, 1.82) is 0 Å². The highest BCUT2D eigenvalue weighted by molar-refractivity contribution is 5.80. The molecule has 1 saturated heterocycles. The van der Waals surface area contributed by atoms with E-state index in [1.165, 1.54) is 0 Å². The van der Waals surface area contributed by atoms with Crippen LogP contribution in [0.15, 0.2) is 0 Å². The fourth-order valence-corrected chi connectivity index (χ4v) is 3.96. The number of amides is 2. The second-order valence-corrected chi connectivity index (χ2v) is 7.90. The molecular formula is C19H29FN6O4. The van der Waals surface area contributed by atoms with Crippen LogP contribution in [-0.2, 0) is 9.53 Å². The lowest BCUT2D eigenvalue weighted by molar-refractivity contribution is -0.124. The summed E-state index contributed by atoms with van der Waals surface area (Å²) in [5, 5.41) is 11.2. The maximum absolute atomic E-state index is 14.9. The molecule has 166 valence electrons. The Morgan fingerprint density at radius 3 is 2.63 bits per heavy atom. The Morgan fingerprint density at radius 1 is 1.30 bits per heavy atom. The minimum Gasteiger partial charge on any atom is -0.465 e. The predicted octanol–water partition coefficient (Wildman–Crippen LogP) is 1.67. The lowest BCUT2D eigenvalue weighted by atomic mass is 9.92. The first-order valence-corrected chi connectivity index (χ1v) is 10.2. The first kappa shape index (κ1) is 22.0. The number of methoxy groups -OCH3 is 1. The summed E-state index contributed by atoms with van der Waals surface area (Å²) in [6, 6.07) is 0. The third-order valence-corrected chi connectivity index (χ3v) is 5.69. The zero-order valence-corrected chi connectivity index (χ0v) is 17.3. The molecule has 1 saturated carbocycles. The van der Waals surface area contributed by atoms with Crippen molar-refractivity contribution in [3.63, 3.8) is 0 Å². The van der Waals surface area contributed by atoms with Crippen LogP contribution < -0.4 is 21.1 Å². The summed E-state index contributed by atoms with van der Waals surface area (Å²) in [7, 11) is 1.60. The minimum absolute atomic E-state index is 0.00205. The van der Waals surface area contributed by atoms with Crippen LogP contribution in [0.25, 0.3) is 0 Å². The van der Waals surface area contributed by atoms with E-state index in [9.17, 15) is 14.0 Å². The second kappa shape index (κ2) is 9.88. The molecule has 1 atom stereocenters. The molecule has 0 spiro atoms. The van der Waals surface area contributed by atoms with Crippen LogP contribution >= 0.6 is 0 Å². The van der Waals surface area contributed by atoms with Crippen molar-refractivity contribution < 1.29 is 23.8 Å². The quantitative estimate of drug-likeness (QED) is 0.441. The van der Waals surface area contributed by atoms with Gasteiger partial charge in [0.1, 0.15) is 5.82 Å². The number of hydrazine groups is 1. The smallest absolute Gasteiger partial charge is 0.404 e. The van der Waals surface area contributed by atoms with Crippen molar-refractivity contribution in [3.8, 4) is 0 Å². The highest BCUT2D eigenvalue weighted by Gasteiger charge is 2.31. The molecule has 1 aromatic heterocycles. The monoisotopic (exact) mass is 424 g/mol. The summed E-state index contributed by atoms with van der Waals surface area (Å²) in [6.07, 6.45) is 3.75. The number of ether oxygens (including phenoxy) is 1. The summed E-state index contributed by atoms with van der Waals surface area (Å²) < 4.78 is 20.1. The van der Waals surface area contributed by atoms with Crippen LogP contribution in [0.3, 0.4) is 0 Å². The van der Waals surface area contributed by atoms with E-state index >= 15 is 0 Å². The van der Waals surface area contributed by atoms with Gasteiger partial charge in [-0.25, -0.2) is 14.8 Å². The number of carbonyl (C=O) groups excluding carboxylic acids is 1. The topological polar surface area (TPSA) is 129 Å². The number of rotatable bonds is 9. The van der Waals surface area contributed by atoms with E-state index in [-0.39, 0.29) is 24.3 Å². The van der Waals surface area contributed by atoms with Gasteiger partial charge < -0.3 is 20.1 Å². The van der Waals surface area contributed by atoms with Gasteiger partial charge in [0.25, 0.3) is 0 Å². The van der Waals surface area contributed by atoms with Crippen molar-refractivity contribution in [1.82, 2.24) is 20.7 Å². The number of halogens is 1. The second-order valence-electron chi connectivity index (χ2n) is 7.90. The molecule has 0 bridgehead atoms. The number of aryl methyl sites for hydroxylation is 1. The minimum atomic E-state index is -1.18. The van der Waals surface area contributed by atoms with Gasteiger partial charge in [-0.15, -0.1) is 0 Å². The molecule has 30 heavy (non-hydrogen) atoms. The zero-order valence-electron chi connectivity index (χ0n) is 17.3. The number of carbonyl (C=O) groups is 2. The van der Waals surface area contributed by atoms with Gasteiger partial charge in [-0.2, -0.15) is 4.39 Å². The van der Waals surface area contributed by atoms with Gasteiger partial charge in [-0.1, -0.05) is 25.7 Å². The van der Waals surface area contributed by atoms with Crippen LogP contribution in [0, 0.1) is 24.6 Å². The average Bonchev–Trinajstić information content (AvgIpc) is 3.18. The first-order valence-electron chi connectivity index (χ1n) is 10.2. The number of nitrogens with zero attached hydrogens (tertiary/aromatic N) is 3. The number of nitrogens with one attached hydrogen (secondary N) is 3. The molecule has 2 amide bonds. The molecule has 4 N–H and O–H groups in total. The lowest BCUT2D eigenvalue weighted by Gasteiger charge is -2.39. The maximum atomic E-state index is 14.9. The summed E-state index contributed by atoms with van der Waals surface area (Å²) in [6.45, 7) is 2.70. The van der Waals surface area contributed by atoms with E-state index in [1.54, 1.807) is 18.9 Å². The molecule has 3 rings (SSSR count). The number of hydrogen-bond donors (Lipinski definition) is 4. The summed E-state index contributed by atoms with van der Waals surface area (Å²) in [4.78, 5) is 33.5. The molecular weight excluding hydrogens is 395 g/mol. The predicted molar refractivity (Wildman–Crippen MR) is 108 cm³/mol. The number of aromatic nitrogens is 2. The van der Waals surface area contributed by atoms with Gasteiger partial charge in [0.05, 0.1) is 12.0 Å². The van der Waals surface area contributed by atoms with Crippen molar-refractivity contribution in [3.05, 3.63) is 11.6 Å². The average molecular weight is 424 g/mol. The molecule has 1 aromatic rings. The van der Waals surface area contributed by atoms with E-state index in [1.807, 2.05) is 0 Å². The highest BCUT2D eigenvalue weighted by atomic mass is 19.1. The van der Waals surface area contributed by atoms with Gasteiger partial charge in [0.2, 0.25) is 11.7 Å². The van der Waals surface area contributed by atoms with Gasteiger partial charge in [-0.3, -0.25) is 15.6 Å². The van der Waals surface area contributed by atoms with E-state index < -0.39 is 23.7 Å². The van der Waals surface area contributed by atoms with Crippen LogP contribution in [0.4, 0.5) is 20.8 Å². The van der Waals surface area contributed by atoms with Crippen molar-refractivity contribution in [2.24, 2.45) is 11.8 Å². The van der Waals surface area contributed by atoms with Crippen LogP contribution in [-0.4, -0.2) is 59.9 Å². The number of anilines is 2. The maximum Gasteiger partial charge on any atom is 0.404 e. The largest absolute Gasteiger partial charge is 0.465 e. The van der Waals surface area contributed by atoms with Crippen molar-refractivity contribution >= 4 is 23.6 Å². The number of carboxylic acid groups (broad SMARTS) is 1.